The van der Waals surface area contributed by atoms with Crippen molar-refractivity contribution in [2.24, 2.45) is 5.73 Å². The number of carbonyl (C=O) groups is 3. The Morgan fingerprint density at radius 3 is 2.33 bits per heavy atom. The van der Waals surface area contributed by atoms with Crippen LogP contribution in [0.25, 0.3) is 0 Å². The van der Waals surface area contributed by atoms with E-state index in [4.69, 9.17) is 24.7 Å². The molecule has 1 saturated heterocycles. The molecule has 0 saturated carbocycles. The average molecular weight is 522 g/mol. The summed E-state index contributed by atoms with van der Waals surface area (Å²) < 4.78 is 49.2. The quantitative estimate of drug-likeness (QED) is 0.504. The number of anilines is 1. The van der Waals surface area contributed by atoms with Gasteiger partial charge in [-0.15, -0.1) is 0 Å². The molecule has 0 aromatic heterocycles. The molecule has 1 aromatic rings. The summed E-state index contributed by atoms with van der Waals surface area (Å²) in [6.45, 7) is 5.27. The molecule has 194 valence electrons. The number of esters is 2. The molecular formula is C23H27N3O9S. The van der Waals surface area contributed by atoms with Gasteiger partial charge in [0.1, 0.15) is 22.3 Å². The van der Waals surface area contributed by atoms with E-state index in [0.717, 1.165) is 0 Å². The molecule has 0 radical (unpaired) electrons. The summed E-state index contributed by atoms with van der Waals surface area (Å²) in [5.41, 5.74) is 3.46. The van der Waals surface area contributed by atoms with Gasteiger partial charge in [-0.25, -0.2) is 18.0 Å². The smallest absolute Gasteiger partial charge is 0.341 e. The van der Waals surface area contributed by atoms with Crippen LogP contribution in [0.3, 0.4) is 0 Å². The number of hydrogen-bond acceptors (Lipinski definition) is 10. The van der Waals surface area contributed by atoms with Gasteiger partial charge in [0.2, 0.25) is 21.8 Å². The molecular weight excluding hydrogens is 494 g/mol. The average Bonchev–Trinajstić information content (AvgIpc) is 3.11. The maximum absolute atomic E-state index is 13.7. The lowest BCUT2D eigenvalue weighted by Crippen LogP contribution is -2.48. The van der Waals surface area contributed by atoms with E-state index in [9.17, 15) is 22.8 Å². The molecule has 3 aliphatic rings. The Kier molecular flexibility index (Phi) is 6.82. The van der Waals surface area contributed by atoms with Crippen LogP contribution < -0.4 is 11.1 Å². The highest BCUT2D eigenvalue weighted by Gasteiger charge is 2.62. The summed E-state index contributed by atoms with van der Waals surface area (Å²) in [5, 5.41) is 2.65. The molecule has 12 nitrogen and oxygen atoms in total. The van der Waals surface area contributed by atoms with Crippen molar-refractivity contribution in [3.8, 4) is 0 Å². The largest absolute Gasteiger partial charge is 0.462 e. The first kappa shape index (κ1) is 25.7. The van der Waals surface area contributed by atoms with Crippen molar-refractivity contribution in [2.75, 3.05) is 44.8 Å². The summed E-state index contributed by atoms with van der Waals surface area (Å²) in [5.74, 6) is -3.22. The number of benzene rings is 1. The maximum Gasteiger partial charge on any atom is 0.341 e. The summed E-state index contributed by atoms with van der Waals surface area (Å²) in [7, 11) is -3.99. The second kappa shape index (κ2) is 9.56. The van der Waals surface area contributed by atoms with Gasteiger partial charge in [-0.2, -0.15) is 4.31 Å². The first-order chi connectivity index (χ1) is 17.1. The third-order valence-electron chi connectivity index (χ3n) is 6.16. The van der Waals surface area contributed by atoms with Gasteiger partial charge in [0.25, 0.3) is 0 Å². The molecule has 1 amide bonds. The fourth-order valence-electron chi connectivity index (χ4n) is 4.67. The Labute approximate surface area is 208 Å². The van der Waals surface area contributed by atoms with Crippen LogP contribution in [-0.2, 0) is 48.8 Å². The van der Waals surface area contributed by atoms with Crippen LogP contribution in [0.5, 0.6) is 0 Å². The second-order valence-corrected chi connectivity index (χ2v) is 10.1. The fourth-order valence-corrected chi connectivity index (χ4v) is 6.11. The molecule has 0 bridgehead atoms. The number of fused-ring (bicyclic) bond motifs is 2. The molecule has 3 aliphatic heterocycles. The van der Waals surface area contributed by atoms with Crippen LogP contribution >= 0.6 is 0 Å². The van der Waals surface area contributed by atoms with E-state index in [1.807, 2.05) is 0 Å². The van der Waals surface area contributed by atoms with Crippen molar-refractivity contribution in [1.29, 1.82) is 0 Å². The number of nitrogens with zero attached hydrogens (tertiary/aromatic N) is 1. The molecule has 1 unspecified atom stereocenters. The lowest BCUT2D eigenvalue weighted by molar-refractivity contribution is -0.143. The summed E-state index contributed by atoms with van der Waals surface area (Å²) in [4.78, 5) is 39.9. The molecule has 13 heteroatoms. The van der Waals surface area contributed by atoms with E-state index >= 15 is 0 Å². The van der Waals surface area contributed by atoms with Gasteiger partial charge < -0.3 is 30.0 Å². The zero-order valence-corrected chi connectivity index (χ0v) is 20.9. The van der Waals surface area contributed by atoms with E-state index in [2.05, 4.69) is 5.32 Å². The zero-order chi connectivity index (χ0) is 26.3. The standard InChI is InChI=1S/C23H27N3O9S/c1-4-33-20(27)17-13(3)35-19(24)18(21(28)34-5-2)23(17)15-12-14(6-7-16(15)25-22(23)29)36(30,31)26-8-10-32-11-9-26/h6-7,12H,4-5,8-11,24H2,1-3H3,(H,25,29). The van der Waals surface area contributed by atoms with E-state index in [-0.39, 0.29) is 67.0 Å². The SMILES string of the molecule is CCOC(=O)C1=C(C)OC(N)=C(C(=O)OCC)C12C(=O)Nc1ccc(S(=O)(=O)N3CCOCC3)cc12. The normalized spacial score (nSPS) is 22.2. The van der Waals surface area contributed by atoms with Gasteiger partial charge in [-0.05, 0) is 39.0 Å². The fraction of sp³-hybridized carbons (Fsp3) is 0.435. The highest BCUT2D eigenvalue weighted by atomic mass is 32.2. The van der Waals surface area contributed by atoms with Crippen molar-refractivity contribution in [3.63, 3.8) is 0 Å². The van der Waals surface area contributed by atoms with E-state index in [1.54, 1.807) is 13.8 Å². The Bertz CT molecular complexity index is 1250. The Hall–Kier alpha value is -3.42. The summed E-state index contributed by atoms with van der Waals surface area (Å²) in [6.07, 6.45) is 0. The molecule has 1 atom stereocenters. The van der Waals surface area contributed by atoms with Crippen molar-refractivity contribution < 1.29 is 41.7 Å². The maximum atomic E-state index is 13.7. The minimum atomic E-state index is -3.99. The predicted octanol–water partition coefficient (Wildman–Crippen LogP) is 0.498. The van der Waals surface area contributed by atoms with Crippen molar-refractivity contribution in [2.45, 2.75) is 31.1 Å². The van der Waals surface area contributed by atoms with E-state index in [1.165, 1.54) is 29.4 Å². The van der Waals surface area contributed by atoms with Crippen LogP contribution in [0.15, 0.2) is 45.9 Å². The lowest BCUT2D eigenvalue weighted by Gasteiger charge is -2.35. The van der Waals surface area contributed by atoms with Gasteiger partial charge in [0.05, 0.1) is 31.3 Å². The molecule has 1 fully saturated rings. The molecule has 4 rings (SSSR count). The highest BCUT2D eigenvalue weighted by Crippen LogP contribution is 2.53. The second-order valence-electron chi connectivity index (χ2n) is 8.14. The molecule has 1 spiro atoms. The number of hydrogen-bond donors (Lipinski definition) is 2. The van der Waals surface area contributed by atoms with Crippen LogP contribution in [0.2, 0.25) is 0 Å². The first-order valence-corrected chi connectivity index (χ1v) is 12.8. The Morgan fingerprint density at radius 2 is 1.72 bits per heavy atom. The van der Waals surface area contributed by atoms with Gasteiger partial charge in [-0.1, -0.05) is 0 Å². The number of rotatable bonds is 6. The number of ether oxygens (including phenoxy) is 4. The number of allylic oxidation sites excluding steroid dienone is 1. The van der Waals surface area contributed by atoms with E-state index in [0.29, 0.717) is 0 Å². The van der Waals surface area contributed by atoms with Crippen molar-refractivity contribution >= 4 is 33.6 Å². The summed E-state index contributed by atoms with van der Waals surface area (Å²) in [6, 6.07) is 4.02. The first-order valence-electron chi connectivity index (χ1n) is 11.4. The van der Waals surface area contributed by atoms with Crippen molar-refractivity contribution in [1.82, 2.24) is 4.31 Å². The van der Waals surface area contributed by atoms with Crippen molar-refractivity contribution in [3.05, 3.63) is 46.6 Å². The Balaban J connectivity index is 2.00. The van der Waals surface area contributed by atoms with Crippen LogP contribution in [0, 0.1) is 0 Å². The number of carbonyl (C=O) groups excluding carboxylic acids is 3. The molecule has 3 N–H and O–H groups in total. The van der Waals surface area contributed by atoms with Gasteiger partial charge in [0.15, 0.2) is 0 Å². The molecule has 3 heterocycles. The number of nitrogens with two attached hydrogens (primary N) is 1. The third-order valence-corrected chi connectivity index (χ3v) is 8.06. The lowest BCUT2D eigenvalue weighted by atomic mass is 9.67. The van der Waals surface area contributed by atoms with Crippen LogP contribution in [-0.4, -0.2) is 70.1 Å². The zero-order valence-electron chi connectivity index (χ0n) is 20.1. The topological polar surface area (TPSA) is 164 Å². The number of amides is 1. The molecule has 0 aliphatic carbocycles. The predicted molar refractivity (Wildman–Crippen MR) is 125 cm³/mol. The molecule has 1 aromatic carbocycles. The van der Waals surface area contributed by atoms with Crippen LogP contribution in [0.4, 0.5) is 5.69 Å². The Morgan fingerprint density at radius 1 is 1.11 bits per heavy atom. The number of sulfonamides is 1. The minimum Gasteiger partial charge on any atom is -0.462 e. The molecule has 36 heavy (non-hydrogen) atoms. The third kappa shape index (κ3) is 3.83. The van der Waals surface area contributed by atoms with Gasteiger partial charge in [-0.3, -0.25) is 4.79 Å². The minimum absolute atomic E-state index is 0.0282. The number of morpholine rings is 1. The van der Waals surface area contributed by atoms with E-state index < -0.39 is 44.7 Å². The number of nitrogens with one attached hydrogen (secondary N) is 1. The monoisotopic (exact) mass is 521 g/mol. The highest BCUT2D eigenvalue weighted by molar-refractivity contribution is 7.89. The van der Waals surface area contributed by atoms with Crippen LogP contribution in [0.1, 0.15) is 26.3 Å². The van der Waals surface area contributed by atoms with Gasteiger partial charge in [0, 0.05) is 24.3 Å². The van der Waals surface area contributed by atoms with Gasteiger partial charge >= 0.3 is 11.9 Å². The summed E-state index contributed by atoms with van der Waals surface area (Å²) >= 11 is 0.